The maximum absolute atomic E-state index is 5.38. The zero-order valence-corrected chi connectivity index (χ0v) is 12.0. The topological polar surface area (TPSA) is 22.1 Å². The molecule has 0 atom stereocenters. The molecule has 0 spiro atoms. The Hall–Kier alpha value is -0.830. The van der Waals surface area contributed by atoms with Crippen LogP contribution < -0.4 is 4.74 Å². The molecule has 3 heteroatoms. The van der Waals surface area contributed by atoms with Crippen LogP contribution in [0.4, 0.5) is 0 Å². The fourth-order valence-electron chi connectivity index (χ4n) is 1.83. The molecule has 1 fully saturated rings. The largest absolute Gasteiger partial charge is 0.481 e. The van der Waals surface area contributed by atoms with Crippen molar-refractivity contribution in [3.05, 3.63) is 29.5 Å². The Labute approximate surface area is 111 Å². The molecule has 92 valence electrons. The third-order valence-corrected chi connectivity index (χ3v) is 3.69. The van der Waals surface area contributed by atoms with Crippen LogP contribution in [-0.2, 0) is 0 Å². The second kappa shape index (κ2) is 5.67. The minimum Gasteiger partial charge on any atom is -0.481 e. The lowest BCUT2D eigenvalue weighted by Gasteiger charge is -2.08. The first-order chi connectivity index (χ1) is 8.26. The standard InChI is InChI=1S/C14H18BrNO/c1-3-4-5-12(15)13-9-8-11(10-6-7-10)14(16-13)17-2/h5,8-10H,3-4,6-7H2,1-2H3/b12-5-. The lowest BCUT2D eigenvalue weighted by atomic mass is 10.1. The van der Waals surface area contributed by atoms with Crippen LogP contribution in [0.5, 0.6) is 5.88 Å². The van der Waals surface area contributed by atoms with Crippen molar-refractivity contribution in [2.45, 2.75) is 38.5 Å². The second-order valence-corrected chi connectivity index (χ2v) is 5.26. The molecular formula is C14H18BrNO. The number of methoxy groups -OCH3 is 1. The number of aromatic nitrogens is 1. The Morgan fingerprint density at radius 1 is 1.53 bits per heavy atom. The number of hydrogen-bond donors (Lipinski definition) is 0. The summed E-state index contributed by atoms with van der Waals surface area (Å²) in [6, 6.07) is 4.23. The van der Waals surface area contributed by atoms with Gasteiger partial charge in [-0.3, -0.25) is 0 Å². The Kier molecular flexibility index (Phi) is 4.21. The number of allylic oxidation sites excluding steroid dienone is 1. The molecule has 0 unspecified atom stereocenters. The molecule has 0 amide bonds. The molecule has 0 saturated heterocycles. The van der Waals surface area contributed by atoms with Gasteiger partial charge in [-0.25, -0.2) is 4.98 Å². The first-order valence-electron chi connectivity index (χ1n) is 6.17. The average Bonchev–Trinajstić information content (AvgIpc) is 3.19. The third-order valence-electron chi connectivity index (χ3n) is 2.96. The van der Waals surface area contributed by atoms with Gasteiger partial charge in [-0.2, -0.15) is 0 Å². The Bertz CT molecular complexity index is 424. The Morgan fingerprint density at radius 2 is 2.29 bits per heavy atom. The summed E-state index contributed by atoms with van der Waals surface area (Å²) in [5.74, 6) is 1.46. The average molecular weight is 296 g/mol. The number of halogens is 1. The molecule has 1 aromatic rings. The van der Waals surface area contributed by atoms with E-state index in [1.165, 1.54) is 18.4 Å². The lowest BCUT2D eigenvalue weighted by molar-refractivity contribution is 0.392. The fraction of sp³-hybridized carbons (Fsp3) is 0.500. The van der Waals surface area contributed by atoms with Gasteiger partial charge in [0.15, 0.2) is 0 Å². The first-order valence-corrected chi connectivity index (χ1v) is 6.96. The van der Waals surface area contributed by atoms with Crippen molar-refractivity contribution in [3.63, 3.8) is 0 Å². The van der Waals surface area contributed by atoms with Gasteiger partial charge >= 0.3 is 0 Å². The highest BCUT2D eigenvalue weighted by molar-refractivity contribution is 9.15. The van der Waals surface area contributed by atoms with Gasteiger partial charge in [0.25, 0.3) is 0 Å². The molecule has 1 heterocycles. The summed E-state index contributed by atoms with van der Waals surface area (Å²) in [5, 5.41) is 0. The maximum Gasteiger partial charge on any atom is 0.217 e. The summed E-state index contributed by atoms with van der Waals surface area (Å²) < 4.78 is 6.44. The normalized spacial score (nSPS) is 16.1. The van der Waals surface area contributed by atoms with Gasteiger partial charge in [0, 0.05) is 10.0 Å². The van der Waals surface area contributed by atoms with Crippen molar-refractivity contribution < 1.29 is 4.74 Å². The van der Waals surface area contributed by atoms with Gasteiger partial charge in [0.2, 0.25) is 5.88 Å². The summed E-state index contributed by atoms with van der Waals surface area (Å²) in [6.07, 6.45) is 6.91. The molecule has 17 heavy (non-hydrogen) atoms. The minimum atomic E-state index is 0.671. The van der Waals surface area contributed by atoms with Crippen LogP contribution in [-0.4, -0.2) is 12.1 Å². The number of hydrogen-bond acceptors (Lipinski definition) is 2. The highest BCUT2D eigenvalue weighted by atomic mass is 79.9. The number of unbranched alkanes of at least 4 members (excludes halogenated alkanes) is 1. The van der Waals surface area contributed by atoms with Crippen LogP contribution in [0.1, 0.15) is 49.8 Å². The highest BCUT2D eigenvalue weighted by Crippen LogP contribution is 2.44. The van der Waals surface area contributed by atoms with E-state index in [1.807, 2.05) is 0 Å². The summed E-state index contributed by atoms with van der Waals surface area (Å²) in [6.45, 7) is 2.17. The first kappa shape index (κ1) is 12.6. The van der Waals surface area contributed by atoms with Gasteiger partial charge in [0.1, 0.15) is 0 Å². The minimum absolute atomic E-state index is 0.671. The molecule has 0 radical (unpaired) electrons. The van der Waals surface area contributed by atoms with E-state index in [1.54, 1.807) is 7.11 Å². The van der Waals surface area contributed by atoms with E-state index in [9.17, 15) is 0 Å². The number of rotatable bonds is 5. The summed E-state index contributed by atoms with van der Waals surface area (Å²) >= 11 is 3.57. The Morgan fingerprint density at radius 3 is 2.88 bits per heavy atom. The highest BCUT2D eigenvalue weighted by Gasteiger charge is 2.27. The van der Waals surface area contributed by atoms with E-state index >= 15 is 0 Å². The Balaban J connectivity index is 2.24. The van der Waals surface area contributed by atoms with Gasteiger partial charge in [0.05, 0.1) is 12.8 Å². The van der Waals surface area contributed by atoms with Gasteiger partial charge in [-0.05, 0) is 47.2 Å². The van der Waals surface area contributed by atoms with Crippen molar-refractivity contribution in [1.82, 2.24) is 4.98 Å². The lowest BCUT2D eigenvalue weighted by Crippen LogP contribution is -1.96. The summed E-state index contributed by atoms with van der Waals surface area (Å²) in [4.78, 5) is 4.57. The SMILES string of the molecule is CCC/C=C(\Br)c1ccc(C2CC2)c(OC)n1. The van der Waals surface area contributed by atoms with Crippen molar-refractivity contribution in [2.75, 3.05) is 7.11 Å². The van der Waals surface area contributed by atoms with E-state index in [4.69, 9.17) is 4.74 Å². The molecule has 1 aliphatic carbocycles. The fourth-order valence-corrected chi connectivity index (χ4v) is 2.28. The predicted octanol–water partition coefficient (Wildman–Crippen LogP) is 4.50. The number of pyridine rings is 1. The molecule has 1 aliphatic rings. The van der Waals surface area contributed by atoms with E-state index in [0.717, 1.165) is 28.9 Å². The van der Waals surface area contributed by atoms with Crippen LogP contribution in [0.2, 0.25) is 0 Å². The number of nitrogens with zero attached hydrogens (tertiary/aromatic N) is 1. The maximum atomic E-state index is 5.38. The molecule has 0 N–H and O–H groups in total. The van der Waals surface area contributed by atoms with Crippen molar-refractivity contribution in [3.8, 4) is 5.88 Å². The second-order valence-electron chi connectivity index (χ2n) is 4.41. The summed E-state index contributed by atoms with van der Waals surface area (Å²) in [5.41, 5.74) is 2.21. The van der Waals surface area contributed by atoms with Crippen LogP contribution in [0, 0.1) is 0 Å². The predicted molar refractivity (Wildman–Crippen MR) is 74.6 cm³/mol. The van der Waals surface area contributed by atoms with Gasteiger partial charge in [-0.15, -0.1) is 0 Å². The van der Waals surface area contributed by atoms with Crippen LogP contribution >= 0.6 is 15.9 Å². The quantitative estimate of drug-likeness (QED) is 0.798. The van der Waals surface area contributed by atoms with Crippen molar-refractivity contribution in [2.24, 2.45) is 0 Å². The molecule has 1 aromatic heterocycles. The van der Waals surface area contributed by atoms with E-state index < -0.39 is 0 Å². The van der Waals surface area contributed by atoms with E-state index in [-0.39, 0.29) is 0 Å². The molecular weight excluding hydrogens is 278 g/mol. The molecule has 2 rings (SSSR count). The molecule has 0 aromatic carbocycles. The zero-order valence-electron chi connectivity index (χ0n) is 10.4. The molecule has 2 nitrogen and oxygen atoms in total. The van der Waals surface area contributed by atoms with Crippen LogP contribution in [0.15, 0.2) is 18.2 Å². The summed E-state index contributed by atoms with van der Waals surface area (Å²) in [7, 11) is 1.70. The molecule has 0 aliphatic heterocycles. The van der Waals surface area contributed by atoms with E-state index in [2.05, 4.69) is 46.0 Å². The van der Waals surface area contributed by atoms with Crippen molar-refractivity contribution >= 4 is 20.4 Å². The van der Waals surface area contributed by atoms with Gasteiger partial charge in [-0.1, -0.05) is 25.5 Å². The van der Waals surface area contributed by atoms with Crippen LogP contribution in [0.3, 0.4) is 0 Å². The molecule has 1 saturated carbocycles. The van der Waals surface area contributed by atoms with Crippen molar-refractivity contribution in [1.29, 1.82) is 0 Å². The third kappa shape index (κ3) is 3.09. The monoisotopic (exact) mass is 295 g/mol. The van der Waals surface area contributed by atoms with Crippen LogP contribution in [0.25, 0.3) is 4.48 Å². The smallest absolute Gasteiger partial charge is 0.217 e. The molecule has 0 bridgehead atoms. The number of ether oxygens (including phenoxy) is 1. The zero-order chi connectivity index (χ0) is 12.3. The van der Waals surface area contributed by atoms with E-state index in [0.29, 0.717) is 5.92 Å². The van der Waals surface area contributed by atoms with Gasteiger partial charge < -0.3 is 4.74 Å².